The van der Waals surface area contributed by atoms with Crippen molar-refractivity contribution in [2.75, 3.05) is 0 Å². The molecule has 0 saturated heterocycles. The predicted molar refractivity (Wildman–Crippen MR) is 61.1 cm³/mol. The lowest BCUT2D eigenvalue weighted by atomic mass is 10.1. The molecular weight excluding hydrogens is 256 g/mol. The molecule has 0 fully saturated rings. The Morgan fingerprint density at radius 3 is 3.00 bits per heavy atom. The molecule has 1 atom stereocenters. The van der Waals surface area contributed by atoms with Crippen molar-refractivity contribution in [3.8, 4) is 6.07 Å². The highest BCUT2D eigenvalue weighted by Crippen LogP contribution is 2.11. The second kappa shape index (κ2) is 5.52. The van der Waals surface area contributed by atoms with E-state index in [1.165, 1.54) is 0 Å². The topological polar surface area (TPSA) is 52.9 Å². The summed E-state index contributed by atoms with van der Waals surface area (Å²) >= 11 is 3.33. The third-order valence-electron chi connectivity index (χ3n) is 1.82. The molecule has 1 amide bonds. The minimum Gasteiger partial charge on any atom is -0.340 e. The Morgan fingerprint density at radius 1 is 1.67 bits per heavy atom. The van der Waals surface area contributed by atoms with Gasteiger partial charge in [-0.15, -0.1) is 0 Å². The minimum absolute atomic E-state index is 0.137. The van der Waals surface area contributed by atoms with Gasteiger partial charge in [0.25, 0.3) is 0 Å². The molecule has 1 rings (SSSR count). The third-order valence-corrected chi connectivity index (χ3v) is 2.32. The van der Waals surface area contributed by atoms with Crippen molar-refractivity contribution < 1.29 is 4.79 Å². The highest BCUT2D eigenvalue weighted by atomic mass is 79.9. The van der Waals surface area contributed by atoms with Crippen LogP contribution in [-0.2, 0) is 11.2 Å². The van der Waals surface area contributed by atoms with E-state index in [4.69, 9.17) is 5.26 Å². The van der Waals surface area contributed by atoms with Gasteiger partial charge in [-0.05, 0) is 24.6 Å². The van der Waals surface area contributed by atoms with E-state index in [1.54, 1.807) is 6.92 Å². The molecule has 0 spiro atoms. The largest absolute Gasteiger partial charge is 0.340 e. The minimum atomic E-state index is -0.440. The maximum atomic E-state index is 11.4. The number of carbonyl (C=O) groups is 1. The summed E-state index contributed by atoms with van der Waals surface area (Å²) in [6, 6.07) is 9.05. The van der Waals surface area contributed by atoms with Crippen LogP contribution < -0.4 is 5.32 Å². The van der Waals surface area contributed by atoms with E-state index < -0.39 is 6.04 Å². The van der Waals surface area contributed by atoms with Crippen LogP contribution in [0.25, 0.3) is 0 Å². The summed E-state index contributed by atoms with van der Waals surface area (Å²) in [4.78, 5) is 11.4. The molecule has 0 aliphatic carbocycles. The van der Waals surface area contributed by atoms with Gasteiger partial charge in [-0.25, -0.2) is 0 Å². The Labute approximate surface area is 97.2 Å². The van der Waals surface area contributed by atoms with E-state index in [2.05, 4.69) is 21.2 Å². The average molecular weight is 267 g/mol. The van der Waals surface area contributed by atoms with Gasteiger partial charge in [0.05, 0.1) is 12.5 Å². The van der Waals surface area contributed by atoms with Gasteiger partial charge in [0.1, 0.15) is 6.04 Å². The fourth-order valence-electron chi connectivity index (χ4n) is 1.16. The predicted octanol–water partition coefficient (Wildman–Crippen LogP) is 2.02. The smallest absolute Gasteiger partial charge is 0.225 e. The molecule has 4 heteroatoms. The van der Waals surface area contributed by atoms with Crippen LogP contribution >= 0.6 is 15.9 Å². The zero-order valence-corrected chi connectivity index (χ0v) is 9.91. The number of hydrogen-bond donors (Lipinski definition) is 1. The first-order valence-corrected chi connectivity index (χ1v) is 5.34. The molecule has 1 aromatic rings. The lowest BCUT2D eigenvalue weighted by molar-refractivity contribution is -0.120. The summed E-state index contributed by atoms with van der Waals surface area (Å²) in [7, 11) is 0. The van der Waals surface area contributed by atoms with Crippen LogP contribution in [0.2, 0.25) is 0 Å². The first-order valence-electron chi connectivity index (χ1n) is 4.55. The number of rotatable bonds is 3. The summed E-state index contributed by atoms with van der Waals surface area (Å²) in [5.74, 6) is -0.137. The number of amides is 1. The molecular formula is C11H11BrN2O. The van der Waals surface area contributed by atoms with E-state index in [0.29, 0.717) is 6.42 Å². The Hall–Kier alpha value is -1.34. The summed E-state index contributed by atoms with van der Waals surface area (Å²) in [6.07, 6.45) is 0.297. The van der Waals surface area contributed by atoms with Crippen LogP contribution in [0.3, 0.4) is 0 Å². The number of halogens is 1. The molecule has 0 heterocycles. The molecule has 0 radical (unpaired) electrons. The van der Waals surface area contributed by atoms with Crippen LogP contribution in [0.15, 0.2) is 28.7 Å². The molecule has 1 N–H and O–H groups in total. The molecule has 0 saturated carbocycles. The second-order valence-corrected chi connectivity index (χ2v) is 4.14. The summed E-state index contributed by atoms with van der Waals surface area (Å²) in [5, 5.41) is 11.1. The molecule has 15 heavy (non-hydrogen) atoms. The summed E-state index contributed by atoms with van der Waals surface area (Å²) < 4.78 is 0.945. The van der Waals surface area contributed by atoms with Crippen LogP contribution in [0.4, 0.5) is 0 Å². The van der Waals surface area contributed by atoms with Gasteiger partial charge in [0.15, 0.2) is 0 Å². The quantitative estimate of drug-likeness (QED) is 0.910. The summed E-state index contributed by atoms with van der Waals surface area (Å²) in [5.41, 5.74) is 0.923. The summed E-state index contributed by atoms with van der Waals surface area (Å²) in [6.45, 7) is 1.65. The van der Waals surface area contributed by atoms with Gasteiger partial charge in [-0.2, -0.15) is 5.26 Å². The fraction of sp³-hybridized carbons (Fsp3) is 0.273. The number of benzene rings is 1. The fourth-order valence-corrected chi connectivity index (χ4v) is 1.60. The van der Waals surface area contributed by atoms with Gasteiger partial charge in [0.2, 0.25) is 5.91 Å². The Kier molecular flexibility index (Phi) is 4.32. The Bertz CT molecular complexity index is 398. The lowest BCUT2D eigenvalue weighted by Gasteiger charge is -2.06. The SMILES string of the molecule is CC(C#N)NC(=O)Cc1cccc(Br)c1. The number of carbonyl (C=O) groups excluding carboxylic acids is 1. The van der Waals surface area contributed by atoms with Crippen molar-refractivity contribution in [1.82, 2.24) is 5.32 Å². The Balaban J connectivity index is 2.56. The maximum Gasteiger partial charge on any atom is 0.225 e. The highest BCUT2D eigenvalue weighted by Gasteiger charge is 2.06. The highest BCUT2D eigenvalue weighted by molar-refractivity contribution is 9.10. The van der Waals surface area contributed by atoms with Crippen LogP contribution in [-0.4, -0.2) is 11.9 Å². The maximum absolute atomic E-state index is 11.4. The van der Waals surface area contributed by atoms with Crippen LogP contribution in [0, 0.1) is 11.3 Å². The van der Waals surface area contributed by atoms with Gasteiger partial charge >= 0.3 is 0 Å². The van der Waals surface area contributed by atoms with E-state index in [9.17, 15) is 4.79 Å². The number of nitrogens with one attached hydrogen (secondary N) is 1. The van der Waals surface area contributed by atoms with E-state index in [1.807, 2.05) is 30.3 Å². The average Bonchev–Trinajstić information content (AvgIpc) is 2.17. The van der Waals surface area contributed by atoms with E-state index in [-0.39, 0.29) is 5.91 Å². The number of nitrogens with zero attached hydrogens (tertiary/aromatic N) is 1. The van der Waals surface area contributed by atoms with Crippen molar-refractivity contribution >= 4 is 21.8 Å². The molecule has 78 valence electrons. The monoisotopic (exact) mass is 266 g/mol. The van der Waals surface area contributed by atoms with Gasteiger partial charge in [-0.1, -0.05) is 28.1 Å². The number of hydrogen-bond acceptors (Lipinski definition) is 2. The first-order chi connectivity index (χ1) is 7.11. The first kappa shape index (κ1) is 11.7. The zero-order chi connectivity index (χ0) is 11.3. The third kappa shape index (κ3) is 4.13. The van der Waals surface area contributed by atoms with Gasteiger partial charge in [0, 0.05) is 4.47 Å². The molecule has 1 aromatic carbocycles. The molecule has 3 nitrogen and oxygen atoms in total. The van der Waals surface area contributed by atoms with E-state index in [0.717, 1.165) is 10.0 Å². The van der Waals surface area contributed by atoms with Crippen molar-refractivity contribution in [3.63, 3.8) is 0 Å². The molecule has 0 aromatic heterocycles. The second-order valence-electron chi connectivity index (χ2n) is 3.22. The lowest BCUT2D eigenvalue weighted by Crippen LogP contribution is -2.32. The molecule has 1 unspecified atom stereocenters. The van der Waals surface area contributed by atoms with Gasteiger partial charge < -0.3 is 5.32 Å². The molecule has 0 bridgehead atoms. The molecule has 0 aliphatic heterocycles. The van der Waals surface area contributed by atoms with Crippen molar-refractivity contribution in [2.45, 2.75) is 19.4 Å². The van der Waals surface area contributed by atoms with Crippen molar-refractivity contribution in [3.05, 3.63) is 34.3 Å². The van der Waals surface area contributed by atoms with Crippen LogP contribution in [0.5, 0.6) is 0 Å². The van der Waals surface area contributed by atoms with Crippen molar-refractivity contribution in [1.29, 1.82) is 5.26 Å². The standard InChI is InChI=1S/C11H11BrN2O/c1-8(7-13)14-11(15)6-9-3-2-4-10(12)5-9/h2-5,8H,6H2,1H3,(H,14,15). The zero-order valence-electron chi connectivity index (χ0n) is 8.33. The van der Waals surface area contributed by atoms with Crippen LogP contribution in [0.1, 0.15) is 12.5 Å². The normalized spacial score (nSPS) is 11.5. The van der Waals surface area contributed by atoms with Gasteiger partial charge in [-0.3, -0.25) is 4.79 Å². The molecule has 0 aliphatic rings. The number of nitriles is 1. The van der Waals surface area contributed by atoms with Crippen molar-refractivity contribution in [2.24, 2.45) is 0 Å². The van der Waals surface area contributed by atoms with E-state index >= 15 is 0 Å². The Morgan fingerprint density at radius 2 is 2.40 bits per heavy atom.